The molecule has 1 aromatic heterocycles. The number of hydrogen-bond donors (Lipinski definition) is 2. The van der Waals surface area contributed by atoms with Crippen molar-refractivity contribution in [3.63, 3.8) is 0 Å². The fourth-order valence-electron chi connectivity index (χ4n) is 2.55. The Labute approximate surface area is 158 Å². The number of nitrogens with zero attached hydrogens (tertiary/aromatic N) is 1. The molecule has 0 fully saturated rings. The summed E-state index contributed by atoms with van der Waals surface area (Å²) in [5, 5.41) is 6.06. The number of ether oxygens (including phenoxy) is 2. The van der Waals surface area contributed by atoms with Gasteiger partial charge >= 0.3 is 0 Å². The molecular formula is C21H21N3O3. The van der Waals surface area contributed by atoms with E-state index in [9.17, 15) is 4.79 Å². The average Bonchev–Trinajstić information content (AvgIpc) is 2.73. The highest BCUT2D eigenvalue weighted by Gasteiger charge is 2.08. The van der Waals surface area contributed by atoms with E-state index in [1.807, 2.05) is 48.5 Å². The summed E-state index contributed by atoms with van der Waals surface area (Å²) in [6.45, 7) is 0.378. The molecule has 3 rings (SSSR count). The Kier molecular flexibility index (Phi) is 5.89. The standard InChI is InChI=1S/C21H21N3O3/c1-26-18-10-8-15(12-19(18)27-2)13-23-21(25)16-9-11-20(22-14-16)24-17-6-4-3-5-7-17/h3-12,14H,13H2,1-2H3,(H,22,24)(H,23,25). The molecule has 6 heteroatoms. The van der Waals surface area contributed by atoms with Crippen molar-refractivity contribution in [2.75, 3.05) is 19.5 Å². The summed E-state index contributed by atoms with van der Waals surface area (Å²) >= 11 is 0. The molecule has 0 spiro atoms. The summed E-state index contributed by atoms with van der Waals surface area (Å²) in [7, 11) is 3.17. The minimum atomic E-state index is -0.191. The van der Waals surface area contributed by atoms with Gasteiger partial charge in [-0.25, -0.2) is 4.98 Å². The minimum Gasteiger partial charge on any atom is -0.493 e. The molecule has 1 amide bonds. The fourth-order valence-corrected chi connectivity index (χ4v) is 2.55. The number of benzene rings is 2. The van der Waals surface area contributed by atoms with E-state index >= 15 is 0 Å². The summed E-state index contributed by atoms with van der Waals surface area (Å²) in [5.41, 5.74) is 2.35. The van der Waals surface area contributed by atoms with Gasteiger partial charge in [0.05, 0.1) is 19.8 Å². The van der Waals surface area contributed by atoms with Gasteiger partial charge in [-0.1, -0.05) is 24.3 Å². The lowest BCUT2D eigenvalue weighted by atomic mass is 10.2. The lowest BCUT2D eigenvalue weighted by Crippen LogP contribution is -2.23. The van der Waals surface area contributed by atoms with Crippen molar-refractivity contribution in [1.29, 1.82) is 0 Å². The lowest BCUT2D eigenvalue weighted by Gasteiger charge is -2.10. The lowest BCUT2D eigenvalue weighted by molar-refractivity contribution is 0.0950. The van der Waals surface area contributed by atoms with Gasteiger partial charge in [0.25, 0.3) is 5.91 Å². The smallest absolute Gasteiger partial charge is 0.253 e. The van der Waals surface area contributed by atoms with Crippen molar-refractivity contribution in [2.45, 2.75) is 6.54 Å². The van der Waals surface area contributed by atoms with Crippen LogP contribution in [0.15, 0.2) is 66.9 Å². The maximum Gasteiger partial charge on any atom is 0.253 e. The molecule has 27 heavy (non-hydrogen) atoms. The number of hydrogen-bond acceptors (Lipinski definition) is 5. The Hall–Kier alpha value is -3.54. The molecule has 2 aromatic carbocycles. The van der Waals surface area contributed by atoms with Crippen LogP contribution in [0.3, 0.4) is 0 Å². The summed E-state index contributed by atoms with van der Waals surface area (Å²) < 4.78 is 10.5. The molecule has 0 saturated carbocycles. The van der Waals surface area contributed by atoms with E-state index in [1.165, 1.54) is 0 Å². The predicted octanol–water partition coefficient (Wildman–Crippen LogP) is 3.77. The Morgan fingerprint density at radius 3 is 2.41 bits per heavy atom. The van der Waals surface area contributed by atoms with Crippen molar-refractivity contribution >= 4 is 17.4 Å². The molecule has 0 aliphatic carbocycles. The predicted molar refractivity (Wildman–Crippen MR) is 105 cm³/mol. The maximum atomic E-state index is 12.3. The first-order chi connectivity index (χ1) is 13.2. The number of para-hydroxylation sites is 1. The van der Waals surface area contributed by atoms with Gasteiger partial charge in [-0.05, 0) is 42.0 Å². The zero-order valence-corrected chi connectivity index (χ0v) is 15.2. The van der Waals surface area contributed by atoms with E-state index in [0.717, 1.165) is 11.3 Å². The summed E-state index contributed by atoms with van der Waals surface area (Å²) in [5.74, 6) is 1.77. The van der Waals surface area contributed by atoms with Crippen LogP contribution in [0.4, 0.5) is 11.5 Å². The monoisotopic (exact) mass is 363 g/mol. The number of amides is 1. The first kappa shape index (κ1) is 18.3. The van der Waals surface area contributed by atoms with Gasteiger partial charge in [-0.2, -0.15) is 0 Å². The van der Waals surface area contributed by atoms with Gasteiger partial charge in [-0.15, -0.1) is 0 Å². The third-order valence-electron chi connectivity index (χ3n) is 3.97. The molecule has 1 heterocycles. The highest BCUT2D eigenvalue weighted by atomic mass is 16.5. The molecule has 0 atom stereocenters. The van der Waals surface area contributed by atoms with Crippen LogP contribution in [0, 0.1) is 0 Å². The number of carbonyl (C=O) groups excluding carboxylic acids is 1. The number of pyridine rings is 1. The van der Waals surface area contributed by atoms with E-state index in [2.05, 4.69) is 15.6 Å². The molecule has 2 N–H and O–H groups in total. The molecule has 0 radical (unpaired) electrons. The summed E-state index contributed by atoms with van der Waals surface area (Å²) in [6.07, 6.45) is 1.55. The summed E-state index contributed by atoms with van der Waals surface area (Å²) in [6, 6.07) is 18.8. The highest BCUT2D eigenvalue weighted by Crippen LogP contribution is 2.27. The third-order valence-corrected chi connectivity index (χ3v) is 3.97. The Balaban J connectivity index is 1.59. The number of nitrogens with one attached hydrogen (secondary N) is 2. The average molecular weight is 363 g/mol. The SMILES string of the molecule is COc1ccc(CNC(=O)c2ccc(Nc3ccccc3)nc2)cc1OC. The molecule has 0 saturated heterocycles. The van der Waals surface area contributed by atoms with Crippen LogP contribution in [0.5, 0.6) is 11.5 Å². The number of carbonyl (C=O) groups is 1. The van der Waals surface area contributed by atoms with Crippen molar-refractivity contribution in [1.82, 2.24) is 10.3 Å². The van der Waals surface area contributed by atoms with Gasteiger partial charge < -0.3 is 20.1 Å². The van der Waals surface area contributed by atoms with Crippen LogP contribution in [0.1, 0.15) is 15.9 Å². The molecule has 0 aliphatic rings. The quantitative estimate of drug-likeness (QED) is 0.668. The number of methoxy groups -OCH3 is 2. The molecule has 0 aliphatic heterocycles. The zero-order valence-electron chi connectivity index (χ0n) is 15.2. The van der Waals surface area contributed by atoms with Crippen LogP contribution in [0.2, 0.25) is 0 Å². The van der Waals surface area contributed by atoms with Crippen molar-refractivity contribution < 1.29 is 14.3 Å². The number of rotatable bonds is 7. The van der Waals surface area contributed by atoms with E-state index < -0.39 is 0 Å². The minimum absolute atomic E-state index is 0.191. The first-order valence-electron chi connectivity index (χ1n) is 8.47. The third kappa shape index (κ3) is 4.76. The largest absolute Gasteiger partial charge is 0.493 e. The van der Waals surface area contributed by atoms with E-state index in [-0.39, 0.29) is 5.91 Å². The van der Waals surface area contributed by atoms with E-state index in [1.54, 1.807) is 32.5 Å². The van der Waals surface area contributed by atoms with Crippen LogP contribution >= 0.6 is 0 Å². The topological polar surface area (TPSA) is 72.5 Å². The summed E-state index contributed by atoms with van der Waals surface area (Å²) in [4.78, 5) is 16.6. The van der Waals surface area contributed by atoms with Crippen LogP contribution in [-0.2, 0) is 6.54 Å². The molecule has 138 valence electrons. The van der Waals surface area contributed by atoms with Gasteiger partial charge in [0.2, 0.25) is 0 Å². The van der Waals surface area contributed by atoms with Crippen LogP contribution < -0.4 is 20.1 Å². The van der Waals surface area contributed by atoms with Crippen LogP contribution in [-0.4, -0.2) is 25.1 Å². The molecule has 3 aromatic rings. The molecule has 6 nitrogen and oxygen atoms in total. The van der Waals surface area contributed by atoms with Crippen molar-refractivity contribution in [3.8, 4) is 11.5 Å². The highest BCUT2D eigenvalue weighted by molar-refractivity contribution is 5.94. The van der Waals surface area contributed by atoms with Gasteiger partial charge in [0.15, 0.2) is 11.5 Å². The van der Waals surface area contributed by atoms with Gasteiger partial charge in [-0.3, -0.25) is 4.79 Å². The second-order valence-electron chi connectivity index (χ2n) is 5.80. The maximum absolute atomic E-state index is 12.3. The normalized spacial score (nSPS) is 10.1. The van der Waals surface area contributed by atoms with Crippen molar-refractivity contribution in [3.05, 3.63) is 78.0 Å². The Bertz CT molecular complexity index is 896. The van der Waals surface area contributed by atoms with Gasteiger partial charge in [0.1, 0.15) is 5.82 Å². The Morgan fingerprint density at radius 2 is 1.74 bits per heavy atom. The number of aromatic nitrogens is 1. The van der Waals surface area contributed by atoms with Gasteiger partial charge in [0, 0.05) is 18.4 Å². The molecular weight excluding hydrogens is 342 g/mol. The molecule has 0 bridgehead atoms. The van der Waals surface area contributed by atoms with E-state index in [4.69, 9.17) is 9.47 Å². The molecule has 0 unspecified atom stereocenters. The number of anilines is 2. The second kappa shape index (κ2) is 8.71. The first-order valence-corrected chi connectivity index (χ1v) is 8.47. The fraction of sp³-hybridized carbons (Fsp3) is 0.143. The zero-order chi connectivity index (χ0) is 19.1. The van der Waals surface area contributed by atoms with E-state index in [0.29, 0.717) is 29.4 Å². The van der Waals surface area contributed by atoms with Crippen molar-refractivity contribution in [2.24, 2.45) is 0 Å². The second-order valence-corrected chi connectivity index (χ2v) is 5.80. The Morgan fingerprint density at radius 1 is 0.963 bits per heavy atom. The van der Waals surface area contributed by atoms with Crippen LogP contribution in [0.25, 0.3) is 0 Å².